The Morgan fingerprint density at radius 1 is 1.15 bits per heavy atom. The molecule has 1 aromatic heterocycles. The summed E-state index contributed by atoms with van der Waals surface area (Å²) in [6.07, 6.45) is 6.45. The summed E-state index contributed by atoms with van der Waals surface area (Å²) in [4.78, 5) is 15.4. The quantitative estimate of drug-likeness (QED) is 0.918. The average Bonchev–Trinajstić information content (AvgIpc) is 3.05. The fourth-order valence-electron chi connectivity index (χ4n) is 4.35. The smallest absolute Gasteiger partial charge is 0.272 e. The molecule has 136 valence electrons. The Morgan fingerprint density at radius 3 is 2.73 bits per heavy atom. The second kappa shape index (κ2) is 6.20. The molecule has 1 atom stereocenters. The Balaban J connectivity index is 1.38. The van der Waals surface area contributed by atoms with Crippen LogP contribution in [-0.2, 0) is 12.8 Å². The Labute approximate surface area is 152 Å². The lowest BCUT2D eigenvalue weighted by atomic mass is 10.1. The van der Waals surface area contributed by atoms with E-state index in [0.717, 1.165) is 61.8 Å². The zero-order chi connectivity index (χ0) is 17.7. The van der Waals surface area contributed by atoms with Crippen LogP contribution in [-0.4, -0.2) is 45.8 Å². The molecular formula is C20H23FN4O. The second-order valence-corrected chi connectivity index (χ2v) is 7.70. The Morgan fingerprint density at radius 2 is 1.96 bits per heavy atom. The van der Waals surface area contributed by atoms with Gasteiger partial charge < -0.3 is 5.32 Å². The van der Waals surface area contributed by atoms with E-state index >= 15 is 0 Å². The van der Waals surface area contributed by atoms with Gasteiger partial charge in [0, 0.05) is 36.4 Å². The van der Waals surface area contributed by atoms with Crippen molar-refractivity contribution >= 4 is 5.91 Å². The Bertz CT molecular complexity index is 840. The summed E-state index contributed by atoms with van der Waals surface area (Å²) in [6.45, 7) is 2.04. The van der Waals surface area contributed by atoms with Crippen molar-refractivity contribution in [3.05, 3.63) is 47.0 Å². The van der Waals surface area contributed by atoms with Gasteiger partial charge in [0.05, 0.1) is 5.69 Å². The van der Waals surface area contributed by atoms with Gasteiger partial charge >= 0.3 is 0 Å². The first-order valence-corrected chi connectivity index (χ1v) is 9.60. The molecule has 2 aliphatic carbocycles. The van der Waals surface area contributed by atoms with E-state index in [1.54, 1.807) is 12.1 Å². The number of halogens is 1. The summed E-state index contributed by atoms with van der Waals surface area (Å²) >= 11 is 0. The van der Waals surface area contributed by atoms with Crippen LogP contribution in [0.3, 0.4) is 0 Å². The summed E-state index contributed by atoms with van der Waals surface area (Å²) in [5, 5.41) is 7.80. The summed E-state index contributed by atoms with van der Waals surface area (Å²) < 4.78 is 15.1. The number of aromatic nitrogens is 2. The zero-order valence-electron chi connectivity index (χ0n) is 14.7. The third-order valence-corrected chi connectivity index (χ3v) is 5.83. The number of rotatable bonds is 4. The number of amides is 1. The fraction of sp³-hybridized carbons (Fsp3) is 0.500. The molecule has 1 N–H and O–H groups in total. The highest BCUT2D eigenvalue weighted by atomic mass is 19.1. The van der Waals surface area contributed by atoms with Crippen molar-refractivity contribution < 1.29 is 9.18 Å². The molecule has 5 nitrogen and oxygen atoms in total. The van der Waals surface area contributed by atoms with Gasteiger partial charge in [0.2, 0.25) is 0 Å². The van der Waals surface area contributed by atoms with Gasteiger partial charge in [-0.15, -0.1) is 0 Å². The zero-order valence-corrected chi connectivity index (χ0v) is 14.7. The van der Waals surface area contributed by atoms with Crippen LogP contribution in [0, 0.1) is 5.82 Å². The van der Waals surface area contributed by atoms with Crippen molar-refractivity contribution in [2.75, 3.05) is 13.1 Å². The van der Waals surface area contributed by atoms with E-state index in [2.05, 4.69) is 15.3 Å². The predicted molar refractivity (Wildman–Crippen MR) is 96.0 cm³/mol. The van der Waals surface area contributed by atoms with Crippen LogP contribution >= 0.6 is 0 Å². The molecule has 0 bridgehead atoms. The van der Waals surface area contributed by atoms with E-state index in [1.807, 2.05) is 4.68 Å². The number of likely N-dealkylation sites (tertiary alicyclic amines) is 1. The summed E-state index contributed by atoms with van der Waals surface area (Å²) in [7, 11) is 0. The topological polar surface area (TPSA) is 50.2 Å². The average molecular weight is 354 g/mol. The lowest BCUT2D eigenvalue weighted by molar-refractivity contribution is 0.0931. The number of nitrogens with zero attached hydrogens (tertiary/aromatic N) is 3. The van der Waals surface area contributed by atoms with Gasteiger partial charge in [0.1, 0.15) is 5.82 Å². The van der Waals surface area contributed by atoms with Gasteiger partial charge in [0.25, 0.3) is 5.91 Å². The van der Waals surface area contributed by atoms with E-state index in [9.17, 15) is 9.18 Å². The second-order valence-electron chi connectivity index (χ2n) is 7.70. The molecule has 2 fully saturated rings. The Hall–Kier alpha value is -2.21. The first-order valence-electron chi connectivity index (χ1n) is 9.60. The number of carbonyl (C=O) groups excluding carboxylic acids is 1. The van der Waals surface area contributed by atoms with Gasteiger partial charge in [-0.3, -0.25) is 9.69 Å². The van der Waals surface area contributed by atoms with Crippen molar-refractivity contribution in [1.82, 2.24) is 20.0 Å². The normalized spacial score (nSPS) is 22.6. The molecule has 26 heavy (non-hydrogen) atoms. The number of fused-ring (bicyclic) bond motifs is 1. The number of hydrogen-bond acceptors (Lipinski definition) is 3. The molecule has 1 amide bonds. The molecule has 2 aromatic rings. The molecule has 0 spiro atoms. The minimum Gasteiger partial charge on any atom is -0.347 e. The third-order valence-electron chi connectivity index (χ3n) is 5.83. The van der Waals surface area contributed by atoms with Crippen molar-refractivity contribution in [1.29, 1.82) is 0 Å². The van der Waals surface area contributed by atoms with Crippen LogP contribution in [0.1, 0.15) is 47.4 Å². The highest BCUT2D eigenvalue weighted by Crippen LogP contribution is 2.31. The molecule has 5 rings (SSSR count). The standard InChI is InChI=1S/C20H23FN4O/c21-13-4-6-16(7-5-13)25-18-3-1-2-17(18)19(23-25)20(26)22-14-10-11-24(12-14)15-8-9-15/h4-7,14-15H,1-3,8-12H2,(H,22,26). The van der Waals surface area contributed by atoms with Crippen LogP contribution in [0.15, 0.2) is 24.3 Å². The van der Waals surface area contributed by atoms with E-state index in [-0.39, 0.29) is 17.8 Å². The lowest BCUT2D eigenvalue weighted by Gasteiger charge is -2.15. The molecule has 1 aromatic carbocycles. The minimum absolute atomic E-state index is 0.0633. The number of hydrogen-bond donors (Lipinski definition) is 1. The SMILES string of the molecule is O=C(NC1CCN(C2CC2)C1)c1nn(-c2ccc(F)cc2)c2c1CCC2. The minimum atomic E-state index is -0.267. The maximum Gasteiger partial charge on any atom is 0.272 e. The number of carbonyl (C=O) groups is 1. The molecule has 1 aliphatic heterocycles. The van der Waals surface area contributed by atoms with E-state index in [4.69, 9.17) is 0 Å². The lowest BCUT2D eigenvalue weighted by Crippen LogP contribution is -2.38. The van der Waals surface area contributed by atoms with Gasteiger partial charge in [0.15, 0.2) is 5.69 Å². The van der Waals surface area contributed by atoms with E-state index in [0.29, 0.717) is 5.69 Å². The predicted octanol–water partition coefficient (Wildman–Crippen LogP) is 2.47. The van der Waals surface area contributed by atoms with Gasteiger partial charge in [-0.25, -0.2) is 9.07 Å². The first kappa shape index (κ1) is 16.0. The molecular weight excluding hydrogens is 331 g/mol. The molecule has 6 heteroatoms. The van der Waals surface area contributed by atoms with Crippen LogP contribution in [0.2, 0.25) is 0 Å². The highest BCUT2D eigenvalue weighted by Gasteiger charge is 2.35. The molecule has 1 saturated carbocycles. The van der Waals surface area contributed by atoms with Crippen LogP contribution in [0.5, 0.6) is 0 Å². The van der Waals surface area contributed by atoms with E-state index in [1.165, 1.54) is 25.0 Å². The van der Waals surface area contributed by atoms with Crippen LogP contribution < -0.4 is 5.32 Å². The maximum atomic E-state index is 13.2. The van der Waals surface area contributed by atoms with Gasteiger partial charge in [-0.05, 0) is 62.8 Å². The highest BCUT2D eigenvalue weighted by molar-refractivity contribution is 5.94. The molecule has 2 heterocycles. The summed E-state index contributed by atoms with van der Waals surface area (Å²) in [5.74, 6) is -0.330. The van der Waals surface area contributed by atoms with Crippen LogP contribution in [0.25, 0.3) is 5.69 Å². The molecule has 1 saturated heterocycles. The third kappa shape index (κ3) is 2.82. The fourth-order valence-corrected chi connectivity index (χ4v) is 4.35. The van der Waals surface area contributed by atoms with Crippen molar-refractivity contribution in [3.63, 3.8) is 0 Å². The van der Waals surface area contributed by atoms with Gasteiger partial charge in [-0.1, -0.05) is 0 Å². The Kier molecular flexibility index (Phi) is 3.81. The van der Waals surface area contributed by atoms with Gasteiger partial charge in [-0.2, -0.15) is 5.10 Å². The summed E-state index contributed by atoms with van der Waals surface area (Å²) in [6, 6.07) is 7.27. The molecule has 1 unspecified atom stereocenters. The number of nitrogens with one attached hydrogen (secondary N) is 1. The van der Waals surface area contributed by atoms with Crippen LogP contribution in [0.4, 0.5) is 4.39 Å². The molecule has 0 radical (unpaired) electrons. The summed E-state index contributed by atoms with van der Waals surface area (Å²) in [5.41, 5.74) is 3.51. The van der Waals surface area contributed by atoms with Crippen molar-refractivity contribution in [2.24, 2.45) is 0 Å². The van der Waals surface area contributed by atoms with Crippen molar-refractivity contribution in [3.8, 4) is 5.69 Å². The monoisotopic (exact) mass is 354 g/mol. The number of benzene rings is 1. The molecule has 3 aliphatic rings. The largest absolute Gasteiger partial charge is 0.347 e. The van der Waals surface area contributed by atoms with E-state index < -0.39 is 0 Å². The van der Waals surface area contributed by atoms with Crippen molar-refractivity contribution in [2.45, 2.75) is 50.6 Å². The maximum absolute atomic E-state index is 13.2. The first-order chi connectivity index (χ1) is 12.7.